The van der Waals surface area contributed by atoms with Crippen LogP contribution >= 0.6 is 0 Å². The molecule has 2 bridgehead atoms. The topological polar surface area (TPSA) is 32.3 Å². The van der Waals surface area contributed by atoms with Crippen molar-refractivity contribution in [3.63, 3.8) is 0 Å². The smallest absolute Gasteiger partial charge is 0.0496 e. The lowest BCUT2D eigenvalue weighted by Gasteiger charge is -2.33. The van der Waals surface area contributed by atoms with E-state index in [-0.39, 0.29) is 5.41 Å². The van der Waals surface area contributed by atoms with Crippen molar-refractivity contribution in [2.45, 2.75) is 58.9 Å². The van der Waals surface area contributed by atoms with Crippen molar-refractivity contribution >= 4 is 0 Å². The predicted octanol–water partition coefficient (Wildman–Crippen LogP) is 2.81. The van der Waals surface area contributed by atoms with Gasteiger partial charge in [-0.2, -0.15) is 0 Å². The second-order valence-corrected chi connectivity index (χ2v) is 6.83. The molecule has 2 aliphatic carbocycles. The van der Waals surface area contributed by atoms with Gasteiger partial charge in [-0.15, -0.1) is 0 Å². The summed E-state index contributed by atoms with van der Waals surface area (Å²) in [6.45, 7) is 7.93. The maximum Gasteiger partial charge on any atom is 0.0496 e. The highest BCUT2D eigenvalue weighted by molar-refractivity contribution is 4.94. The zero-order valence-corrected chi connectivity index (χ0v) is 11.7. The third-order valence-corrected chi connectivity index (χ3v) is 5.52. The molecular formula is C15H29NO. The monoisotopic (exact) mass is 239 g/mol. The minimum Gasteiger partial charge on any atom is -0.396 e. The molecule has 2 aliphatic rings. The van der Waals surface area contributed by atoms with Crippen molar-refractivity contribution in [3.05, 3.63) is 0 Å². The Morgan fingerprint density at radius 2 is 2.12 bits per heavy atom. The first-order valence-electron chi connectivity index (χ1n) is 7.42. The fourth-order valence-corrected chi connectivity index (χ4v) is 3.76. The maximum absolute atomic E-state index is 9.43. The highest BCUT2D eigenvalue weighted by Crippen LogP contribution is 2.49. The van der Waals surface area contributed by atoms with Gasteiger partial charge in [0.15, 0.2) is 0 Å². The van der Waals surface area contributed by atoms with E-state index in [0.717, 1.165) is 30.7 Å². The number of aliphatic hydroxyl groups is 1. The molecule has 17 heavy (non-hydrogen) atoms. The largest absolute Gasteiger partial charge is 0.396 e. The van der Waals surface area contributed by atoms with Crippen LogP contribution in [0.5, 0.6) is 0 Å². The SMILES string of the molecule is CCC(C)(CO)CNC(C)C1CC2CCC1C2. The van der Waals surface area contributed by atoms with E-state index in [1.54, 1.807) is 0 Å². The molecule has 0 radical (unpaired) electrons. The minimum atomic E-state index is 0.0614. The van der Waals surface area contributed by atoms with Crippen molar-refractivity contribution in [2.75, 3.05) is 13.2 Å². The number of aliphatic hydroxyl groups excluding tert-OH is 1. The summed E-state index contributed by atoms with van der Waals surface area (Å²) >= 11 is 0. The summed E-state index contributed by atoms with van der Waals surface area (Å²) in [6, 6.07) is 0.628. The summed E-state index contributed by atoms with van der Waals surface area (Å²) < 4.78 is 0. The lowest BCUT2D eigenvalue weighted by Crippen LogP contribution is -2.43. The molecule has 2 N–H and O–H groups in total. The number of hydrogen-bond donors (Lipinski definition) is 2. The number of fused-ring (bicyclic) bond motifs is 2. The molecule has 100 valence electrons. The van der Waals surface area contributed by atoms with Crippen LogP contribution in [-0.4, -0.2) is 24.3 Å². The van der Waals surface area contributed by atoms with E-state index in [4.69, 9.17) is 0 Å². The second kappa shape index (κ2) is 5.27. The number of hydrogen-bond acceptors (Lipinski definition) is 2. The van der Waals surface area contributed by atoms with E-state index >= 15 is 0 Å². The maximum atomic E-state index is 9.43. The molecule has 0 saturated heterocycles. The molecule has 2 heteroatoms. The third kappa shape index (κ3) is 2.85. The van der Waals surface area contributed by atoms with Crippen LogP contribution in [0.2, 0.25) is 0 Å². The highest BCUT2D eigenvalue weighted by Gasteiger charge is 2.41. The lowest BCUT2D eigenvalue weighted by atomic mass is 9.82. The van der Waals surface area contributed by atoms with Crippen LogP contribution in [0, 0.1) is 23.2 Å². The summed E-state index contributed by atoms with van der Waals surface area (Å²) in [5.41, 5.74) is 0.0614. The van der Waals surface area contributed by atoms with Crippen LogP contribution in [-0.2, 0) is 0 Å². The quantitative estimate of drug-likeness (QED) is 0.747. The zero-order chi connectivity index (χ0) is 12.5. The van der Waals surface area contributed by atoms with E-state index in [2.05, 4.69) is 26.1 Å². The average Bonchev–Trinajstić information content (AvgIpc) is 2.97. The Labute approximate surface area is 106 Å². The Bertz CT molecular complexity index is 249. The number of nitrogens with one attached hydrogen (secondary N) is 1. The first-order chi connectivity index (χ1) is 8.08. The second-order valence-electron chi connectivity index (χ2n) is 6.83. The van der Waals surface area contributed by atoms with Crippen molar-refractivity contribution < 1.29 is 5.11 Å². The molecule has 2 fully saturated rings. The standard InChI is InChI=1S/C15H29NO/c1-4-15(3,10-17)9-16-11(2)14-8-12-5-6-13(14)7-12/h11-14,16-17H,4-10H2,1-3H3. The van der Waals surface area contributed by atoms with E-state index in [1.807, 2.05) is 0 Å². The van der Waals surface area contributed by atoms with Gasteiger partial charge in [0.25, 0.3) is 0 Å². The van der Waals surface area contributed by atoms with Crippen molar-refractivity contribution in [1.29, 1.82) is 0 Å². The molecule has 0 spiro atoms. The van der Waals surface area contributed by atoms with Crippen LogP contribution < -0.4 is 5.32 Å². The van der Waals surface area contributed by atoms with Gasteiger partial charge in [0.1, 0.15) is 0 Å². The van der Waals surface area contributed by atoms with Gasteiger partial charge in [0.2, 0.25) is 0 Å². The van der Waals surface area contributed by atoms with Crippen molar-refractivity contribution in [1.82, 2.24) is 5.32 Å². The fourth-order valence-electron chi connectivity index (χ4n) is 3.76. The van der Waals surface area contributed by atoms with Crippen LogP contribution in [0.3, 0.4) is 0 Å². The molecule has 0 aromatic rings. The van der Waals surface area contributed by atoms with Gasteiger partial charge in [-0.25, -0.2) is 0 Å². The van der Waals surface area contributed by atoms with Crippen LogP contribution in [0.25, 0.3) is 0 Å². The van der Waals surface area contributed by atoms with E-state index in [9.17, 15) is 5.11 Å². The molecule has 2 rings (SSSR count). The van der Waals surface area contributed by atoms with E-state index in [0.29, 0.717) is 12.6 Å². The Hall–Kier alpha value is -0.0800. The van der Waals surface area contributed by atoms with Gasteiger partial charge >= 0.3 is 0 Å². The normalized spacial score (nSPS) is 37.1. The Morgan fingerprint density at radius 1 is 1.35 bits per heavy atom. The third-order valence-electron chi connectivity index (χ3n) is 5.52. The van der Waals surface area contributed by atoms with Crippen molar-refractivity contribution in [3.8, 4) is 0 Å². The van der Waals surface area contributed by atoms with E-state index < -0.39 is 0 Å². The van der Waals surface area contributed by atoms with Gasteiger partial charge in [0, 0.05) is 24.6 Å². The van der Waals surface area contributed by atoms with Gasteiger partial charge in [0.05, 0.1) is 0 Å². The summed E-state index contributed by atoms with van der Waals surface area (Å²) in [7, 11) is 0. The molecular weight excluding hydrogens is 210 g/mol. The first-order valence-corrected chi connectivity index (χ1v) is 7.42. The average molecular weight is 239 g/mol. The Morgan fingerprint density at radius 3 is 2.59 bits per heavy atom. The van der Waals surface area contributed by atoms with Crippen LogP contribution in [0.4, 0.5) is 0 Å². The molecule has 2 saturated carbocycles. The lowest BCUT2D eigenvalue weighted by molar-refractivity contribution is 0.125. The molecule has 2 nitrogen and oxygen atoms in total. The first kappa shape index (κ1) is 13.4. The van der Waals surface area contributed by atoms with E-state index in [1.165, 1.54) is 25.7 Å². The van der Waals surface area contributed by atoms with Gasteiger partial charge in [-0.1, -0.05) is 20.3 Å². The fraction of sp³-hybridized carbons (Fsp3) is 1.00. The molecule has 5 unspecified atom stereocenters. The summed E-state index contributed by atoms with van der Waals surface area (Å²) in [5.74, 6) is 2.92. The predicted molar refractivity (Wildman–Crippen MR) is 71.9 cm³/mol. The minimum absolute atomic E-state index is 0.0614. The number of rotatable bonds is 6. The van der Waals surface area contributed by atoms with Gasteiger partial charge in [-0.05, 0) is 50.4 Å². The summed E-state index contributed by atoms with van der Waals surface area (Å²) in [6.07, 6.45) is 6.92. The molecule has 0 amide bonds. The molecule has 5 atom stereocenters. The Balaban J connectivity index is 1.79. The molecule has 0 aromatic carbocycles. The van der Waals surface area contributed by atoms with Gasteiger partial charge in [-0.3, -0.25) is 0 Å². The Kier molecular flexibility index (Phi) is 4.14. The summed E-state index contributed by atoms with van der Waals surface area (Å²) in [5, 5.41) is 13.1. The molecule has 0 aliphatic heterocycles. The van der Waals surface area contributed by atoms with Crippen LogP contribution in [0.1, 0.15) is 52.9 Å². The zero-order valence-electron chi connectivity index (χ0n) is 11.7. The van der Waals surface area contributed by atoms with Crippen molar-refractivity contribution in [2.24, 2.45) is 23.2 Å². The summed E-state index contributed by atoms with van der Waals surface area (Å²) in [4.78, 5) is 0. The molecule has 0 aromatic heterocycles. The highest BCUT2D eigenvalue weighted by atomic mass is 16.3. The van der Waals surface area contributed by atoms with Crippen LogP contribution in [0.15, 0.2) is 0 Å². The molecule has 0 heterocycles. The van der Waals surface area contributed by atoms with Gasteiger partial charge < -0.3 is 10.4 Å².